The molecule has 1 rings (SSSR count). The van der Waals surface area contributed by atoms with Crippen molar-refractivity contribution in [2.75, 3.05) is 7.11 Å². The summed E-state index contributed by atoms with van der Waals surface area (Å²) in [5, 5.41) is 0. The highest BCUT2D eigenvalue weighted by Gasteiger charge is 2.12. The summed E-state index contributed by atoms with van der Waals surface area (Å²) in [6, 6.07) is 6.14. The number of methoxy groups -OCH3 is 1. The maximum atomic E-state index is 5.34. The molecule has 0 saturated heterocycles. The second kappa shape index (κ2) is 5.90. The highest BCUT2D eigenvalue weighted by atomic mass is 79.9. The number of hydrogen-bond donors (Lipinski definition) is 0. The Morgan fingerprint density at radius 2 is 2.00 bits per heavy atom. The van der Waals surface area contributed by atoms with Crippen molar-refractivity contribution in [1.82, 2.24) is 0 Å². The molecule has 0 spiro atoms. The number of hydrogen-bond acceptors (Lipinski definition) is 1. The topological polar surface area (TPSA) is 9.23 Å². The summed E-state index contributed by atoms with van der Waals surface area (Å²) < 4.78 is 6.45. The fraction of sp³-hybridized carbons (Fsp3) is 0.500. The first kappa shape index (κ1) is 13.0. The van der Waals surface area contributed by atoms with Crippen LogP contribution in [0.15, 0.2) is 22.7 Å². The molecule has 0 amide bonds. The van der Waals surface area contributed by atoms with Gasteiger partial charge in [-0.3, -0.25) is 0 Å². The van der Waals surface area contributed by atoms with Gasteiger partial charge in [-0.25, -0.2) is 0 Å². The zero-order chi connectivity index (χ0) is 11.4. The van der Waals surface area contributed by atoms with Crippen molar-refractivity contribution in [2.45, 2.75) is 25.1 Å². The van der Waals surface area contributed by atoms with Crippen LogP contribution in [0.4, 0.5) is 0 Å². The Labute approximate surface area is 108 Å². The quantitative estimate of drug-likeness (QED) is 0.740. The maximum absolute atomic E-state index is 5.34. The number of halogens is 2. The third kappa shape index (κ3) is 3.80. The van der Waals surface area contributed by atoms with Crippen molar-refractivity contribution < 1.29 is 4.74 Å². The lowest BCUT2D eigenvalue weighted by Gasteiger charge is -2.16. The molecule has 0 heterocycles. The van der Waals surface area contributed by atoms with Gasteiger partial charge in [0.05, 0.1) is 7.11 Å². The van der Waals surface area contributed by atoms with Crippen molar-refractivity contribution >= 4 is 31.9 Å². The molecule has 2 atom stereocenters. The molecule has 15 heavy (non-hydrogen) atoms. The summed E-state index contributed by atoms with van der Waals surface area (Å²) >= 11 is 7.09. The molecule has 1 nitrogen and oxygen atoms in total. The third-order valence-corrected chi connectivity index (χ3v) is 3.96. The summed E-state index contributed by atoms with van der Waals surface area (Å²) in [5.74, 6) is 1.56. The summed E-state index contributed by atoms with van der Waals surface area (Å²) in [4.78, 5) is 0.515. The standard InChI is InChI=1S/C12H16Br2O/c1-8(9(2)13)6-10-7-11(14)4-5-12(10)15-3/h4-5,7-9H,6H2,1-3H3. The Kier molecular flexibility index (Phi) is 5.13. The fourth-order valence-corrected chi connectivity index (χ4v) is 2.01. The molecule has 0 radical (unpaired) electrons. The van der Waals surface area contributed by atoms with E-state index in [2.05, 4.69) is 51.8 Å². The van der Waals surface area contributed by atoms with Gasteiger partial charge in [0.15, 0.2) is 0 Å². The van der Waals surface area contributed by atoms with E-state index in [1.54, 1.807) is 7.11 Å². The molecule has 0 saturated carbocycles. The SMILES string of the molecule is COc1ccc(Br)cc1CC(C)C(C)Br. The average Bonchev–Trinajstić information content (AvgIpc) is 2.18. The molecule has 0 N–H and O–H groups in total. The highest BCUT2D eigenvalue weighted by Crippen LogP contribution is 2.27. The van der Waals surface area contributed by atoms with Gasteiger partial charge in [0.1, 0.15) is 5.75 Å². The lowest BCUT2D eigenvalue weighted by Crippen LogP contribution is -2.10. The van der Waals surface area contributed by atoms with Crippen LogP contribution in [-0.2, 0) is 6.42 Å². The van der Waals surface area contributed by atoms with E-state index in [1.165, 1.54) is 5.56 Å². The summed E-state index contributed by atoms with van der Waals surface area (Å²) in [7, 11) is 1.72. The van der Waals surface area contributed by atoms with Crippen molar-refractivity contribution in [3.8, 4) is 5.75 Å². The van der Waals surface area contributed by atoms with E-state index in [4.69, 9.17) is 4.74 Å². The second-order valence-electron chi connectivity index (χ2n) is 3.82. The van der Waals surface area contributed by atoms with E-state index in [0.717, 1.165) is 16.6 Å². The van der Waals surface area contributed by atoms with Crippen LogP contribution in [0.25, 0.3) is 0 Å². The lowest BCUT2D eigenvalue weighted by molar-refractivity contribution is 0.405. The van der Waals surface area contributed by atoms with Crippen LogP contribution in [0.3, 0.4) is 0 Å². The molecular formula is C12H16Br2O. The van der Waals surface area contributed by atoms with Gasteiger partial charge in [0.2, 0.25) is 0 Å². The van der Waals surface area contributed by atoms with Crippen LogP contribution in [0, 0.1) is 5.92 Å². The smallest absolute Gasteiger partial charge is 0.122 e. The van der Waals surface area contributed by atoms with Gasteiger partial charge in [-0.1, -0.05) is 45.7 Å². The molecule has 2 unspecified atom stereocenters. The molecular weight excluding hydrogens is 320 g/mol. The summed E-state index contributed by atoms with van der Waals surface area (Å²) in [6.07, 6.45) is 1.02. The summed E-state index contributed by atoms with van der Waals surface area (Å²) in [6.45, 7) is 4.41. The zero-order valence-corrected chi connectivity index (χ0v) is 12.4. The Balaban J connectivity index is 2.87. The largest absolute Gasteiger partial charge is 0.496 e. The van der Waals surface area contributed by atoms with E-state index >= 15 is 0 Å². The van der Waals surface area contributed by atoms with Gasteiger partial charge in [-0.2, -0.15) is 0 Å². The Morgan fingerprint density at radius 3 is 2.53 bits per heavy atom. The van der Waals surface area contributed by atoms with Crippen molar-refractivity contribution in [3.63, 3.8) is 0 Å². The van der Waals surface area contributed by atoms with Gasteiger partial charge in [-0.15, -0.1) is 0 Å². The van der Waals surface area contributed by atoms with Gasteiger partial charge in [0.25, 0.3) is 0 Å². The summed E-state index contributed by atoms with van der Waals surface area (Å²) in [5.41, 5.74) is 1.26. The zero-order valence-electron chi connectivity index (χ0n) is 9.26. The number of alkyl halides is 1. The van der Waals surface area contributed by atoms with E-state index in [-0.39, 0.29) is 0 Å². The van der Waals surface area contributed by atoms with Crippen molar-refractivity contribution in [1.29, 1.82) is 0 Å². The Hall–Kier alpha value is -0.0200. The first-order chi connectivity index (χ1) is 7.04. The molecule has 0 bridgehead atoms. The van der Waals surface area contributed by atoms with Crippen LogP contribution in [0.1, 0.15) is 19.4 Å². The molecule has 84 valence electrons. The molecule has 0 aliphatic rings. The molecule has 0 aliphatic heterocycles. The monoisotopic (exact) mass is 334 g/mol. The van der Waals surface area contributed by atoms with Crippen molar-refractivity contribution in [2.24, 2.45) is 5.92 Å². The van der Waals surface area contributed by atoms with Gasteiger partial charge < -0.3 is 4.74 Å². The highest BCUT2D eigenvalue weighted by molar-refractivity contribution is 9.10. The van der Waals surface area contributed by atoms with Crippen LogP contribution in [-0.4, -0.2) is 11.9 Å². The van der Waals surface area contributed by atoms with E-state index in [0.29, 0.717) is 10.7 Å². The Bertz CT molecular complexity index is 323. The van der Waals surface area contributed by atoms with Gasteiger partial charge in [0, 0.05) is 9.30 Å². The minimum Gasteiger partial charge on any atom is -0.496 e. The fourth-order valence-electron chi connectivity index (χ4n) is 1.42. The molecule has 0 fully saturated rings. The average molecular weight is 336 g/mol. The number of ether oxygens (including phenoxy) is 1. The van der Waals surface area contributed by atoms with Crippen LogP contribution in [0.2, 0.25) is 0 Å². The third-order valence-electron chi connectivity index (χ3n) is 2.57. The number of benzene rings is 1. The van der Waals surface area contributed by atoms with E-state index < -0.39 is 0 Å². The number of rotatable bonds is 4. The predicted molar refractivity (Wildman–Crippen MR) is 72.0 cm³/mol. The maximum Gasteiger partial charge on any atom is 0.122 e. The second-order valence-corrected chi connectivity index (χ2v) is 6.18. The molecule has 1 aromatic rings. The lowest BCUT2D eigenvalue weighted by atomic mass is 9.98. The first-order valence-corrected chi connectivity index (χ1v) is 6.72. The molecule has 3 heteroatoms. The normalized spacial score (nSPS) is 14.7. The first-order valence-electron chi connectivity index (χ1n) is 5.01. The van der Waals surface area contributed by atoms with Crippen molar-refractivity contribution in [3.05, 3.63) is 28.2 Å². The van der Waals surface area contributed by atoms with Crippen LogP contribution < -0.4 is 4.74 Å². The van der Waals surface area contributed by atoms with Crippen LogP contribution >= 0.6 is 31.9 Å². The van der Waals surface area contributed by atoms with E-state index in [9.17, 15) is 0 Å². The predicted octanol–water partition coefficient (Wildman–Crippen LogP) is 4.42. The van der Waals surface area contributed by atoms with Gasteiger partial charge >= 0.3 is 0 Å². The van der Waals surface area contributed by atoms with Gasteiger partial charge in [-0.05, 0) is 36.1 Å². The minimum atomic E-state index is 0.515. The van der Waals surface area contributed by atoms with Crippen LogP contribution in [0.5, 0.6) is 5.75 Å². The molecule has 0 aromatic heterocycles. The molecule has 1 aromatic carbocycles. The minimum absolute atomic E-state index is 0.515. The Morgan fingerprint density at radius 1 is 1.33 bits per heavy atom. The molecule has 0 aliphatic carbocycles. The van der Waals surface area contributed by atoms with E-state index in [1.807, 2.05) is 12.1 Å².